The molecule has 5 heteroatoms. The molecule has 0 saturated heterocycles. The maximum atomic E-state index is 9.41. The quantitative estimate of drug-likeness (QED) is 0.664. The van der Waals surface area contributed by atoms with Gasteiger partial charge < -0.3 is 0 Å². The predicted molar refractivity (Wildman–Crippen MR) is 80.1 cm³/mol. The fourth-order valence-electron chi connectivity index (χ4n) is 2.09. The lowest BCUT2D eigenvalue weighted by molar-refractivity contribution is 1.15. The third-order valence-electron chi connectivity index (χ3n) is 3.07. The van der Waals surface area contributed by atoms with Crippen LogP contribution in [0.25, 0.3) is 16.9 Å². The fraction of sp³-hybridized carbons (Fsp3) is 0.0667. The summed E-state index contributed by atoms with van der Waals surface area (Å²) >= 11 is 12.1. The number of aryl methyl sites for hydroxylation is 1. The molecule has 0 saturated carbocycles. The van der Waals surface area contributed by atoms with Crippen LogP contribution < -0.4 is 0 Å². The number of nitriles is 1. The fourth-order valence-corrected chi connectivity index (χ4v) is 2.61. The normalized spacial score (nSPS) is 10.7. The summed E-state index contributed by atoms with van der Waals surface area (Å²) in [7, 11) is 0. The van der Waals surface area contributed by atoms with Crippen LogP contribution in [0.3, 0.4) is 0 Å². The molecule has 2 heterocycles. The van der Waals surface area contributed by atoms with Crippen LogP contribution in [-0.2, 0) is 0 Å². The van der Waals surface area contributed by atoms with E-state index < -0.39 is 0 Å². The Morgan fingerprint density at radius 2 is 1.90 bits per heavy atom. The van der Waals surface area contributed by atoms with Gasteiger partial charge in [-0.15, -0.1) is 0 Å². The van der Waals surface area contributed by atoms with Crippen molar-refractivity contribution in [2.45, 2.75) is 6.92 Å². The second-order valence-electron chi connectivity index (χ2n) is 4.49. The van der Waals surface area contributed by atoms with E-state index in [4.69, 9.17) is 23.2 Å². The Balaban J connectivity index is 2.34. The second kappa shape index (κ2) is 4.82. The summed E-state index contributed by atoms with van der Waals surface area (Å²) in [5.41, 5.74) is 3.59. The zero-order valence-corrected chi connectivity index (χ0v) is 12.1. The first-order valence-corrected chi connectivity index (χ1v) is 6.70. The van der Waals surface area contributed by atoms with Gasteiger partial charge in [0.25, 0.3) is 0 Å². The largest absolute Gasteiger partial charge is 0.288 e. The third kappa shape index (κ3) is 2.03. The molecule has 0 N–H and O–H groups in total. The van der Waals surface area contributed by atoms with E-state index in [-0.39, 0.29) is 0 Å². The van der Waals surface area contributed by atoms with Gasteiger partial charge in [0.2, 0.25) is 0 Å². The lowest BCUT2D eigenvalue weighted by atomic mass is 10.1. The van der Waals surface area contributed by atoms with Crippen LogP contribution >= 0.6 is 23.2 Å². The van der Waals surface area contributed by atoms with Gasteiger partial charge in [0.05, 0.1) is 10.0 Å². The van der Waals surface area contributed by atoms with Crippen LogP contribution in [0.1, 0.15) is 11.3 Å². The first-order chi connectivity index (χ1) is 9.60. The van der Waals surface area contributed by atoms with Crippen molar-refractivity contribution in [3.63, 3.8) is 0 Å². The molecule has 0 atom stereocenters. The summed E-state index contributed by atoms with van der Waals surface area (Å²) in [5, 5.41) is 10.3. The Morgan fingerprint density at radius 1 is 1.20 bits per heavy atom. The minimum atomic E-state index is 0.423. The van der Waals surface area contributed by atoms with Crippen molar-refractivity contribution in [2.75, 3.05) is 0 Å². The smallest absolute Gasteiger partial charge is 0.157 e. The molecule has 98 valence electrons. The van der Waals surface area contributed by atoms with Crippen LogP contribution in [0.4, 0.5) is 0 Å². The number of imidazole rings is 1. The summed E-state index contributed by atoms with van der Waals surface area (Å²) in [6, 6.07) is 11.6. The Hall–Kier alpha value is -2.02. The number of nitrogens with zero attached hydrogens (tertiary/aromatic N) is 3. The van der Waals surface area contributed by atoms with Crippen molar-refractivity contribution in [3.05, 3.63) is 57.8 Å². The molecule has 0 bridgehead atoms. The molecule has 3 rings (SSSR count). The zero-order valence-electron chi connectivity index (χ0n) is 10.6. The van der Waals surface area contributed by atoms with E-state index in [1.54, 1.807) is 16.7 Å². The number of rotatable bonds is 1. The summed E-state index contributed by atoms with van der Waals surface area (Å²) in [6.07, 6.45) is 1.64. The SMILES string of the molecule is Cc1ccc(-c2nc3c(Cl)cc(Cl)cn3c2C#N)cc1. The standard InChI is InChI=1S/C15H9Cl2N3/c1-9-2-4-10(5-3-9)14-13(7-18)20-8-11(16)6-12(17)15(20)19-14/h2-6,8H,1H3. The molecule has 0 fully saturated rings. The molecule has 3 aromatic rings. The summed E-state index contributed by atoms with van der Waals surface area (Å²) in [6.45, 7) is 2.01. The highest BCUT2D eigenvalue weighted by molar-refractivity contribution is 6.36. The van der Waals surface area contributed by atoms with Gasteiger partial charge in [0.1, 0.15) is 11.8 Å². The number of fused-ring (bicyclic) bond motifs is 1. The van der Waals surface area contributed by atoms with Gasteiger partial charge in [-0.1, -0.05) is 53.0 Å². The van der Waals surface area contributed by atoms with Gasteiger partial charge in [0.15, 0.2) is 11.3 Å². The number of halogens is 2. The van der Waals surface area contributed by atoms with Crippen LogP contribution in [0.15, 0.2) is 36.5 Å². The number of hydrogen-bond donors (Lipinski definition) is 0. The second-order valence-corrected chi connectivity index (χ2v) is 5.33. The van der Waals surface area contributed by atoms with Gasteiger partial charge in [-0.2, -0.15) is 5.26 Å². The van der Waals surface area contributed by atoms with E-state index in [9.17, 15) is 5.26 Å². The van der Waals surface area contributed by atoms with E-state index in [1.807, 2.05) is 31.2 Å². The highest BCUT2D eigenvalue weighted by Crippen LogP contribution is 2.29. The summed E-state index contributed by atoms with van der Waals surface area (Å²) in [5.74, 6) is 0. The van der Waals surface area contributed by atoms with Crippen LogP contribution in [0.2, 0.25) is 10.0 Å². The number of benzene rings is 1. The van der Waals surface area contributed by atoms with Crippen LogP contribution in [0.5, 0.6) is 0 Å². The molecular weight excluding hydrogens is 293 g/mol. The van der Waals surface area contributed by atoms with Gasteiger partial charge in [-0.05, 0) is 13.0 Å². The average molecular weight is 302 g/mol. The Kier molecular flexibility index (Phi) is 3.13. The van der Waals surface area contributed by atoms with Crippen molar-refractivity contribution in [1.29, 1.82) is 5.26 Å². The van der Waals surface area contributed by atoms with Crippen LogP contribution in [0, 0.1) is 18.3 Å². The molecule has 1 aromatic carbocycles. The number of hydrogen-bond acceptors (Lipinski definition) is 2. The Morgan fingerprint density at radius 3 is 2.55 bits per heavy atom. The van der Waals surface area contributed by atoms with Gasteiger partial charge >= 0.3 is 0 Å². The van der Waals surface area contributed by atoms with Gasteiger partial charge in [-0.3, -0.25) is 4.40 Å². The first kappa shape index (κ1) is 13.0. The van der Waals surface area contributed by atoms with E-state index in [0.29, 0.717) is 27.1 Å². The molecule has 0 amide bonds. The van der Waals surface area contributed by atoms with Crippen molar-refractivity contribution < 1.29 is 0 Å². The number of pyridine rings is 1. The minimum Gasteiger partial charge on any atom is -0.288 e. The van der Waals surface area contributed by atoms with E-state index >= 15 is 0 Å². The maximum absolute atomic E-state index is 9.41. The lowest BCUT2D eigenvalue weighted by Crippen LogP contribution is -1.89. The predicted octanol–water partition coefficient (Wildman–Crippen LogP) is 4.49. The molecule has 2 aromatic heterocycles. The molecule has 0 aliphatic heterocycles. The molecule has 0 aliphatic rings. The molecule has 0 aliphatic carbocycles. The van der Waals surface area contributed by atoms with Gasteiger partial charge in [0, 0.05) is 11.8 Å². The maximum Gasteiger partial charge on any atom is 0.157 e. The van der Waals surface area contributed by atoms with E-state index in [2.05, 4.69) is 11.1 Å². The molecule has 0 spiro atoms. The zero-order chi connectivity index (χ0) is 14.3. The Bertz CT molecular complexity index is 842. The third-order valence-corrected chi connectivity index (χ3v) is 3.56. The number of aromatic nitrogens is 2. The highest BCUT2D eigenvalue weighted by atomic mass is 35.5. The molecule has 20 heavy (non-hydrogen) atoms. The highest BCUT2D eigenvalue weighted by Gasteiger charge is 2.16. The molecular formula is C15H9Cl2N3. The minimum absolute atomic E-state index is 0.423. The molecule has 0 radical (unpaired) electrons. The molecule has 0 unspecified atom stereocenters. The van der Waals surface area contributed by atoms with Crippen molar-refractivity contribution in [2.24, 2.45) is 0 Å². The van der Waals surface area contributed by atoms with E-state index in [1.165, 1.54) is 0 Å². The lowest BCUT2D eigenvalue weighted by Gasteiger charge is -1.99. The van der Waals surface area contributed by atoms with Crippen molar-refractivity contribution in [3.8, 4) is 17.3 Å². The monoisotopic (exact) mass is 301 g/mol. The topological polar surface area (TPSA) is 41.1 Å². The summed E-state index contributed by atoms with van der Waals surface area (Å²) < 4.78 is 1.62. The van der Waals surface area contributed by atoms with Gasteiger partial charge in [-0.25, -0.2) is 4.98 Å². The Labute approximate surface area is 126 Å². The first-order valence-electron chi connectivity index (χ1n) is 5.94. The molecule has 3 nitrogen and oxygen atoms in total. The van der Waals surface area contributed by atoms with Crippen LogP contribution in [-0.4, -0.2) is 9.38 Å². The van der Waals surface area contributed by atoms with E-state index in [0.717, 1.165) is 11.1 Å². The summed E-state index contributed by atoms with van der Waals surface area (Å²) in [4.78, 5) is 4.47. The average Bonchev–Trinajstić information content (AvgIpc) is 2.78. The van der Waals surface area contributed by atoms with Crippen molar-refractivity contribution >= 4 is 28.8 Å². The van der Waals surface area contributed by atoms with Crippen molar-refractivity contribution in [1.82, 2.24) is 9.38 Å².